The van der Waals surface area contributed by atoms with Gasteiger partial charge in [-0.15, -0.1) is 0 Å². The number of benzene rings is 1. The minimum absolute atomic E-state index is 0.562. The van der Waals surface area contributed by atoms with Crippen molar-refractivity contribution in [2.75, 3.05) is 5.32 Å². The van der Waals surface area contributed by atoms with Gasteiger partial charge in [-0.25, -0.2) is 9.97 Å². The largest absolute Gasteiger partial charge is 0.378 e. The van der Waals surface area contributed by atoms with E-state index in [0.717, 1.165) is 27.7 Å². The average Bonchev–Trinajstić information content (AvgIpc) is 3.27. The molecule has 2 heterocycles. The molecule has 0 spiro atoms. The molecule has 0 unspecified atom stereocenters. The molecular weight excluding hydrogens is 284 g/mol. The summed E-state index contributed by atoms with van der Waals surface area (Å²) in [7, 11) is 0. The fourth-order valence-corrected chi connectivity index (χ4v) is 2.69. The van der Waals surface area contributed by atoms with Crippen molar-refractivity contribution in [3.05, 3.63) is 53.4 Å². The summed E-state index contributed by atoms with van der Waals surface area (Å²) in [6, 6.07) is 12.2. The fraction of sp³-hybridized carbons (Fsp3) is 0.250. The normalized spacial score (nSPS) is 14.5. The van der Waals surface area contributed by atoms with Crippen molar-refractivity contribution in [2.45, 2.75) is 25.4 Å². The topological polar surface area (TPSA) is 42.7 Å². The Balaban J connectivity index is 1.63. The van der Waals surface area contributed by atoms with Crippen LogP contribution in [0.2, 0.25) is 5.02 Å². The molecule has 106 valence electrons. The van der Waals surface area contributed by atoms with Crippen LogP contribution < -0.4 is 5.32 Å². The van der Waals surface area contributed by atoms with Crippen molar-refractivity contribution in [1.82, 2.24) is 14.5 Å². The number of hydrogen-bond donors (Lipinski definition) is 1. The van der Waals surface area contributed by atoms with E-state index in [4.69, 9.17) is 16.6 Å². The first-order chi connectivity index (χ1) is 10.3. The highest BCUT2D eigenvalue weighted by molar-refractivity contribution is 6.30. The number of fused-ring (bicyclic) bond motifs is 1. The number of nitrogens with zero attached hydrogens (tertiary/aromatic N) is 3. The molecule has 0 aliphatic heterocycles. The Labute approximate surface area is 127 Å². The average molecular weight is 299 g/mol. The van der Waals surface area contributed by atoms with E-state index in [0.29, 0.717) is 12.6 Å². The van der Waals surface area contributed by atoms with Gasteiger partial charge in [-0.3, -0.25) is 0 Å². The number of aromatic nitrogens is 3. The van der Waals surface area contributed by atoms with E-state index in [2.05, 4.69) is 14.9 Å². The molecule has 4 rings (SSSR count). The van der Waals surface area contributed by atoms with E-state index in [1.54, 1.807) is 0 Å². The zero-order valence-electron chi connectivity index (χ0n) is 11.5. The summed E-state index contributed by atoms with van der Waals surface area (Å²) < 4.78 is 2.28. The van der Waals surface area contributed by atoms with Gasteiger partial charge in [0.2, 0.25) is 0 Å². The van der Waals surface area contributed by atoms with Crippen molar-refractivity contribution >= 4 is 28.5 Å². The van der Waals surface area contributed by atoms with Gasteiger partial charge in [0.1, 0.15) is 11.3 Å². The van der Waals surface area contributed by atoms with Crippen LogP contribution in [-0.2, 0) is 6.54 Å². The molecule has 0 atom stereocenters. The number of pyridine rings is 1. The molecule has 21 heavy (non-hydrogen) atoms. The molecule has 0 radical (unpaired) electrons. The van der Waals surface area contributed by atoms with Gasteiger partial charge in [-0.1, -0.05) is 11.6 Å². The summed E-state index contributed by atoms with van der Waals surface area (Å²) in [5.74, 6) is 1.04. The molecule has 1 aliphatic carbocycles. The molecule has 4 nitrogen and oxygen atoms in total. The third kappa shape index (κ3) is 2.47. The third-order valence-electron chi connectivity index (χ3n) is 3.73. The van der Waals surface area contributed by atoms with Gasteiger partial charge in [0.05, 0.1) is 6.54 Å². The molecule has 1 saturated carbocycles. The van der Waals surface area contributed by atoms with Crippen LogP contribution >= 0.6 is 11.6 Å². The smallest absolute Gasteiger partial charge is 0.160 e. The summed E-state index contributed by atoms with van der Waals surface area (Å²) >= 11 is 5.90. The zero-order valence-corrected chi connectivity index (χ0v) is 12.2. The Hall–Kier alpha value is -2.07. The van der Waals surface area contributed by atoms with E-state index in [-0.39, 0.29) is 0 Å². The highest BCUT2D eigenvalue weighted by atomic mass is 35.5. The van der Waals surface area contributed by atoms with Crippen molar-refractivity contribution in [2.24, 2.45) is 0 Å². The summed E-state index contributed by atoms with van der Waals surface area (Å²) in [4.78, 5) is 9.20. The zero-order chi connectivity index (χ0) is 14.2. The van der Waals surface area contributed by atoms with Crippen molar-refractivity contribution < 1.29 is 0 Å². The molecular formula is C16H15ClN4. The first-order valence-electron chi connectivity index (χ1n) is 7.12. The van der Waals surface area contributed by atoms with E-state index in [1.807, 2.05) is 42.6 Å². The molecule has 1 fully saturated rings. The van der Waals surface area contributed by atoms with Crippen molar-refractivity contribution in [3.8, 4) is 0 Å². The molecule has 3 aromatic rings. The lowest BCUT2D eigenvalue weighted by molar-refractivity contribution is 0.705. The van der Waals surface area contributed by atoms with Crippen molar-refractivity contribution in [1.29, 1.82) is 0 Å². The molecule has 1 N–H and O–H groups in total. The first kappa shape index (κ1) is 12.7. The second kappa shape index (κ2) is 5.04. The summed E-state index contributed by atoms with van der Waals surface area (Å²) in [5, 5.41) is 4.15. The van der Waals surface area contributed by atoms with E-state index in [9.17, 15) is 0 Å². The highest BCUT2D eigenvalue weighted by Gasteiger charge is 2.28. The third-order valence-corrected chi connectivity index (χ3v) is 3.98. The minimum atomic E-state index is 0.562. The lowest BCUT2D eigenvalue weighted by Gasteiger charge is -2.09. The Kier molecular flexibility index (Phi) is 3.04. The number of anilines is 1. The van der Waals surface area contributed by atoms with Crippen LogP contribution in [0.5, 0.6) is 0 Å². The highest BCUT2D eigenvalue weighted by Crippen LogP contribution is 2.38. The summed E-state index contributed by atoms with van der Waals surface area (Å²) in [5.41, 5.74) is 3.01. The van der Waals surface area contributed by atoms with Crippen LogP contribution in [-0.4, -0.2) is 14.5 Å². The Morgan fingerprint density at radius 3 is 2.76 bits per heavy atom. The predicted molar refractivity (Wildman–Crippen MR) is 84.6 cm³/mol. The van der Waals surface area contributed by atoms with Crippen LogP contribution in [0.3, 0.4) is 0 Å². The second-order valence-corrected chi connectivity index (χ2v) is 5.77. The molecule has 0 saturated heterocycles. The fourth-order valence-electron chi connectivity index (χ4n) is 2.57. The van der Waals surface area contributed by atoms with Crippen LogP contribution in [0.1, 0.15) is 24.7 Å². The van der Waals surface area contributed by atoms with Crippen LogP contribution in [0.15, 0.2) is 42.6 Å². The van der Waals surface area contributed by atoms with Gasteiger partial charge in [-0.05, 0) is 49.2 Å². The van der Waals surface area contributed by atoms with Crippen LogP contribution in [0.25, 0.3) is 11.2 Å². The summed E-state index contributed by atoms with van der Waals surface area (Å²) in [6.07, 6.45) is 4.27. The summed E-state index contributed by atoms with van der Waals surface area (Å²) in [6.45, 7) is 0.689. The molecule has 1 aromatic carbocycles. The Morgan fingerprint density at radius 2 is 2.00 bits per heavy atom. The number of nitrogens with one attached hydrogen (secondary N) is 1. The number of rotatable bonds is 4. The lowest BCUT2D eigenvalue weighted by atomic mass is 10.3. The number of hydrogen-bond acceptors (Lipinski definition) is 3. The Bertz CT molecular complexity index is 775. The van der Waals surface area contributed by atoms with E-state index in [1.165, 1.54) is 12.8 Å². The van der Waals surface area contributed by atoms with Crippen molar-refractivity contribution in [3.63, 3.8) is 0 Å². The predicted octanol–water partition coefficient (Wildman–Crippen LogP) is 4.03. The lowest BCUT2D eigenvalue weighted by Crippen LogP contribution is -2.08. The second-order valence-electron chi connectivity index (χ2n) is 5.34. The molecule has 5 heteroatoms. The van der Waals surface area contributed by atoms with Gasteiger partial charge in [0.15, 0.2) is 5.65 Å². The Morgan fingerprint density at radius 1 is 1.19 bits per heavy atom. The maximum atomic E-state index is 5.90. The van der Waals surface area contributed by atoms with E-state index < -0.39 is 0 Å². The van der Waals surface area contributed by atoms with Crippen LogP contribution in [0.4, 0.5) is 5.69 Å². The number of halogens is 1. The molecule has 1 aliphatic rings. The van der Waals surface area contributed by atoms with Gasteiger partial charge in [0.25, 0.3) is 0 Å². The standard InChI is InChI=1S/C16H15ClN4/c17-11-3-5-12(6-4-11)19-10-15-20-14-2-1-9-18-16(14)21(15)13-7-8-13/h1-6,9,13,19H,7-8,10H2. The SMILES string of the molecule is Clc1ccc(NCc2nc3cccnc3n2C2CC2)cc1. The van der Waals surface area contributed by atoms with Crippen LogP contribution in [0, 0.1) is 0 Å². The molecule has 0 amide bonds. The van der Waals surface area contributed by atoms with Gasteiger partial charge >= 0.3 is 0 Å². The first-order valence-corrected chi connectivity index (χ1v) is 7.50. The van der Waals surface area contributed by atoms with Gasteiger partial charge < -0.3 is 9.88 Å². The van der Waals surface area contributed by atoms with E-state index >= 15 is 0 Å². The van der Waals surface area contributed by atoms with Gasteiger partial charge in [-0.2, -0.15) is 0 Å². The monoisotopic (exact) mass is 298 g/mol. The minimum Gasteiger partial charge on any atom is -0.378 e. The maximum Gasteiger partial charge on any atom is 0.160 e. The number of imidazole rings is 1. The molecule has 0 bridgehead atoms. The van der Waals surface area contributed by atoms with Gasteiger partial charge in [0, 0.05) is 22.9 Å². The molecule has 2 aromatic heterocycles. The quantitative estimate of drug-likeness (QED) is 0.790. The maximum absolute atomic E-state index is 5.90.